The van der Waals surface area contributed by atoms with E-state index >= 15 is 0 Å². The van der Waals surface area contributed by atoms with Crippen LogP contribution in [0.25, 0.3) is 0 Å². The number of likely N-dealkylation sites (tertiary alicyclic amines) is 1. The lowest BCUT2D eigenvalue weighted by molar-refractivity contribution is -0.140. The Morgan fingerprint density at radius 1 is 1.35 bits per heavy atom. The summed E-state index contributed by atoms with van der Waals surface area (Å²) < 4.78 is 5.31. The van der Waals surface area contributed by atoms with Crippen molar-refractivity contribution >= 4 is 11.8 Å². The van der Waals surface area contributed by atoms with E-state index in [1.807, 2.05) is 38.1 Å². The summed E-state index contributed by atoms with van der Waals surface area (Å²) in [6, 6.07) is 7.48. The molecule has 1 aliphatic heterocycles. The molecule has 1 N–H and O–H groups in total. The third kappa shape index (κ3) is 4.24. The van der Waals surface area contributed by atoms with Gasteiger partial charge in [0.25, 0.3) is 0 Å². The second-order valence-electron chi connectivity index (χ2n) is 6.20. The summed E-state index contributed by atoms with van der Waals surface area (Å²) in [6.07, 6.45) is 2.35. The maximum absolute atomic E-state index is 12.4. The lowest BCUT2D eigenvalue weighted by atomic mass is 10.1. The highest BCUT2D eigenvalue weighted by Crippen LogP contribution is 2.20. The fraction of sp³-hybridized carbons (Fsp3) is 0.556. The van der Waals surface area contributed by atoms with Crippen molar-refractivity contribution in [2.75, 3.05) is 20.2 Å². The lowest BCUT2D eigenvalue weighted by Gasteiger charge is -2.25. The fourth-order valence-electron chi connectivity index (χ4n) is 2.98. The Balaban J connectivity index is 1.88. The smallest absolute Gasteiger partial charge is 0.242 e. The number of methoxy groups -OCH3 is 1. The van der Waals surface area contributed by atoms with Crippen LogP contribution in [0.3, 0.4) is 0 Å². The van der Waals surface area contributed by atoms with Crippen molar-refractivity contribution in [2.24, 2.45) is 5.92 Å². The van der Waals surface area contributed by atoms with Crippen LogP contribution in [0.2, 0.25) is 0 Å². The molecule has 1 aliphatic rings. The van der Waals surface area contributed by atoms with Crippen LogP contribution in [-0.2, 0) is 16.0 Å². The van der Waals surface area contributed by atoms with Crippen LogP contribution in [-0.4, -0.2) is 43.0 Å². The van der Waals surface area contributed by atoms with Gasteiger partial charge in [-0.2, -0.15) is 0 Å². The van der Waals surface area contributed by atoms with Crippen molar-refractivity contribution in [1.29, 1.82) is 0 Å². The summed E-state index contributed by atoms with van der Waals surface area (Å²) in [5.74, 6) is 0.773. The molecule has 1 saturated heterocycles. The normalized spacial score (nSPS) is 17.4. The summed E-state index contributed by atoms with van der Waals surface area (Å²) in [5.41, 5.74) is 1.07. The molecule has 23 heavy (non-hydrogen) atoms. The van der Waals surface area contributed by atoms with E-state index in [1.54, 1.807) is 12.0 Å². The molecule has 0 saturated carbocycles. The monoisotopic (exact) mass is 318 g/mol. The summed E-state index contributed by atoms with van der Waals surface area (Å²) in [6.45, 7) is 4.97. The zero-order chi connectivity index (χ0) is 16.8. The standard InChI is InChI=1S/C18H26N2O3/c1-13(2)18(22)20-12-6-8-15(20)17(21)19-11-10-14-7-4-5-9-16(14)23-3/h4-5,7,9,13,15H,6,8,10-12H2,1-3H3,(H,19,21). The van der Waals surface area contributed by atoms with Gasteiger partial charge in [-0.1, -0.05) is 32.0 Å². The minimum atomic E-state index is -0.317. The summed E-state index contributed by atoms with van der Waals surface area (Å²) >= 11 is 0. The molecule has 1 heterocycles. The van der Waals surface area contributed by atoms with Crippen molar-refractivity contribution in [1.82, 2.24) is 10.2 Å². The van der Waals surface area contributed by atoms with Gasteiger partial charge >= 0.3 is 0 Å². The molecule has 1 aromatic carbocycles. The number of amides is 2. The molecule has 2 rings (SSSR count). The van der Waals surface area contributed by atoms with Gasteiger partial charge in [0, 0.05) is 19.0 Å². The molecule has 0 aromatic heterocycles. The van der Waals surface area contributed by atoms with Gasteiger partial charge in [0.15, 0.2) is 0 Å². The van der Waals surface area contributed by atoms with Crippen molar-refractivity contribution in [2.45, 2.75) is 39.2 Å². The van der Waals surface area contributed by atoms with Crippen LogP contribution in [0.4, 0.5) is 0 Å². The minimum absolute atomic E-state index is 0.0496. The Kier molecular flexibility index (Phi) is 6.02. The zero-order valence-electron chi connectivity index (χ0n) is 14.2. The number of carbonyl (C=O) groups excluding carboxylic acids is 2. The molecule has 1 atom stereocenters. The number of ether oxygens (including phenoxy) is 1. The molecular formula is C18H26N2O3. The van der Waals surface area contributed by atoms with E-state index in [1.165, 1.54) is 0 Å². The van der Waals surface area contributed by atoms with Crippen LogP contribution < -0.4 is 10.1 Å². The summed E-state index contributed by atoms with van der Waals surface area (Å²) in [7, 11) is 1.64. The Morgan fingerprint density at radius 3 is 2.78 bits per heavy atom. The van der Waals surface area contributed by atoms with Gasteiger partial charge in [-0.05, 0) is 30.9 Å². The number of benzene rings is 1. The van der Waals surface area contributed by atoms with Gasteiger partial charge in [-0.15, -0.1) is 0 Å². The van der Waals surface area contributed by atoms with E-state index in [2.05, 4.69) is 5.32 Å². The highest BCUT2D eigenvalue weighted by molar-refractivity contribution is 5.88. The van der Waals surface area contributed by atoms with E-state index in [0.717, 1.165) is 24.2 Å². The van der Waals surface area contributed by atoms with Crippen molar-refractivity contribution in [3.8, 4) is 5.75 Å². The first kappa shape index (κ1) is 17.3. The van der Waals surface area contributed by atoms with E-state index < -0.39 is 0 Å². The fourth-order valence-corrected chi connectivity index (χ4v) is 2.98. The maximum atomic E-state index is 12.4. The van der Waals surface area contributed by atoms with E-state index in [0.29, 0.717) is 19.5 Å². The Labute approximate surface area is 138 Å². The average molecular weight is 318 g/mol. The third-order valence-electron chi connectivity index (χ3n) is 4.22. The SMILES string of the molecule is COc1ccccc1CCNC(=O)C1CCCN1C(=O)C(C)C. The molecule has 0 aliphatic carbocycles. The van der Waals surface area contributed by atoms with Gasteiger partial charge < -0.3 is 15.0 Å². The predicted octanol–water partition coefficient (Wildman–Crippen LogP) is 2.00. The number of nitrogens with zero attached hydrogens (tertiary/aromatic N) is 1. The third-order valence-corrected chi connectivity index (χ3v) is 4.22. The zero-order valence-corrected chi connectivity index (χ0v) is 14.2. The number of para-hydroxylation sites is 1. The highest BCUT2D eigenvalue weighted by Gasteiger charge is 2.34. The second-order valence-corrected chi connectivity index (χ2v) is 6.20. The number of carbonyl (C=O) groups is 2. The molecule has 2 amide bonds. The topological polar surface area (TPSA) is 58.6 Å². The molecule has 0 spiro atoms. The molecule has 1 aromatic rings. The molecule has 0 bridgehead atoms. The first-order chi connectivity index (χ1) is 11.0. The van der Waals surface area contributed by atoms with E-state index in [4.69, 9.17) is 4.74 Å². The largest absolute Gasteiger partial charge is 0.496 e. The first-order valence-electron chi connectivity index (χ1n) is 8.24. The van der Waals surface area contributed by atoms with Gasteiger partial charge in [0.05, 0.1) is 7.11 Å². The van der Waals surface area contributed by atoms with Gasteiger partial charge in [0.1, 0.15) is 11.8 Å². The highest BCUT2D eigenvalue weighted by atomic mass is 16.5. The van der Waals surface area contributed by atoms with Crippen LogP contribution >= 0.6 is 0 Å². The first-order valence-corrected chi connectivity index (χ1v) is 8.24. The van der Waals surface area contributed by atoms with Crippen molar-refractivity contribution < 1.29 is 14.3 Å². The maximum Gasteiger partial charge on any atom is 0.242 e. The van der Waals surface area contributed by atoms with Gasteiger partial charge in [-0.25, -0.2) is 0 Å². The molecular weight excluding hydrogens is 292 g/mol. The van der Waals surface area contributed by atoms with Crippen LogP contribution in [0.15, 0.2) is 24.3 Å². The van der Waals surface area contributed by atoms with E-state index in [9.17, 15) is 9.59 Å². The molecule has 5 heteroatoms. The van der Waals surface area contributed by atoms with Crippen molar-refractivity contribution in [3.63, 3.8) is 0 Å². The Hall–Kier alpha value is -2.04. The Morgan fingerprint density at radius 2 is 2.09 bits per heavy atom. The molecule has 126 valence electrons. The number of rotatable bonds is 6. The molecule has 0 radical (unpaired) electrons. The van der Waals surface area contributed by atoms with Crippen molar-refractivity contribution in [3.05, 3.63) is 29.8 Å². The molecule has 5 nitrogen and oxygen atoms in total. The predicted molar refractivity (Wildman–Crippen MR) is 89.3 cm³/mol. The number of nitrogens with one attached hydrogen (secondary N) is 1. The number of hydrogen-bond donors (Lipinski definition) is 1. The average Bonchev–Trinajstić information content (AvgIpc) is 3.03. The molecule has 1 unspecified atom stereocenters. The van der Waals surface area contributed by atoms with Crippen LogP contribution in [0.5, 0.6) is 5.75 Å². The van der Waals surface area contributed by atoms with E-state index in [-0.39, 0.29) is 23.8 Å². The summed E-state index contributed by atoms with van der Waals surface area (Å²) in [4.78, 5) is 26.3. The van der Waals surface area contributed by atoms with Crippen LogP contribution in [0.1, 0.15) is 32.3 Å². The Bertz CT molecular complexity index is 557. The number of hydrogen-bond acceptors (Lipinski definition) is 3. The minimum Gasteiger partial charge on any atom is -0.496 e. The second kappa shape index (κ2) is 7.99. The van der Waals surface area contributed by atoms with Crippen LogP contribution in [0, 0.1) is 5.92 Å². The quantitative estimate of drug-likeness (QED) is 0.873. The lowest BCUT2D eigenvalue weighted by Crippen LogP contribution is -2.47. The summed E-state index contributed by atoms with van der Waals surface area (Å²) in [5, 5.41) is 2.96. The van der Waals surface area contributed by atoms with Gasteiger partial charge in [0.2, 0.25) is 11.8 Å². The van der Waals surface area contributed by atoms with Gasteiger partial charge in [-0.3, -0.25) is 9.59 Å². The molecule has 1 fully saturated rings.